The highest BCUT2D eigenvalue weighted by atomic mass is 35.5. The molecule has 0 N–H and O–H groups in total. The van der Waals surface area contributed by atoms with E-state index in [1.807, 2.05) is 12.1 Å². The number of halogens is 1. The van der Waals surface area contributed by atoms with Crippen molar-refractivity contribution in [2.24, 2.45) is 0 Å². The van der Waals surface area contributed by atoms with E-state index < -0.39 is 0 Å². The van der Waals surface area contributed by atoms with Gasteiger partial charge < -0.3 is 4.74 Å². The molecule has 1 nitrogen and oxygen atoms in total. The van der Waals surface area contributed by atoms with Gasteiger partial charge >= 0.3 is 0 Å². The summed E-state index contributed by atoms with van der Waals surface area (Å²) in [6.45, 7) is 6.26. The van der Waals surface area contributed by atoms with Crippen molar-refractivity contribution in [3.63, 3.8) is 0 Å². The molecule has 100 valence electrons. The molecule has 0 spiro atoms. The molecule has 2 rings (SSSR count). The average molecular weight is 275 g/mol. The summed E-state index contributed by atoms with van der Waals surface area (Å²) in [7, 11) is 1.68. The predicted molar refractivity (Wildman–Crippen MR) is 81.3 cm³/mol. The molecule has 0 saturated carbocycles. The highest BCUT2D eigenvalue weighted by Crippen LogP contribution is 2.38. The minimum Gasteiger partial charge on any atom is -0.496 e. The lowest BCUT2D eigenvalue weighted by Gasteiger charge is -2.19. The Morgan fingerprint density at radius 1 is 1.00 bits per heavy atom. The Morgan fingerprint density at radius 3 is 2.21 bits per heavy atom. The SMILES string of the molecule is COc1ccc(C)cc1C(Cl)c1c(C)cccc1C. The standard InChI is InChI=1S/C17H19ClO/c1-11-8-9-15(19-4)14(10-11)17(18)16-12(2)6-5-7-13(16)3/h5-10,17H,1-4H3. The number of rotatable bonds is 3. The molecule has 0 aliphatic rings. The first-order chi connectivity index (χ1) is 9.04. The van der Waals surface area contributed by atoms with Crippen molar-refractivity contribution in [2.45, 2.75) is 26.1 Å². The lowest BCUT2D eigenvalue weighted by atomic mass is 9.94. The van der Waals surface area contributed by atoms with Crippen LogP contribution >= 0.6 is 11.6 Å². The second kappa shape index (κ2) is 5.66. The van der Waals surface area contributed by atoms with Crippen molar-refractivity contribution < 1.29 is 4.74 Å². The van der Waals surface area contributed by atoms with Crippen molar-refractivity contribution in [3.8, 4) is 5.75 Å². The second-order valence-electron chi connectivity index (χ2n) is 4.91. The Bertz CT molecular complexity index is 570. The van der Waals surface area contributed by atoms with E-state index in [-0.39, 0.29) is 5.38 Å². The van der Waals surface area contributed by atoms with Gasteiger partial charge in [-0.25, -0.2) is 0 Å². The summed E-state index contributed by atoms with van der Waals surface area (Å²) >= 11 is 6.72. The van der Waals surface area contributed by atoms with Crippen LogP contribution in [-0.4, -0.2) is 7.11 Å². The number of hydrogen-bond acceptors (Lipinski definition) is 1. The van der Waals surface area contributed by atoms with Gasteiger partial charge in [-0.05, 0) is 43.5 Å². The molecular formula is C17H19ClO. The molecule has 0 aromatic heterocycles. The molecule has 0 radical (unpaired) electrons. The number of ether oxygens (including phenoxy) is 1. The van der Waals surface area contributed by atoms with E-state index in [4.69, 9.17) is 16.3 Å². The molecule has 0 saturated heterocycles. The van der Waals surface area contributed by atoms with Gasteiger partial charge in [-0.1, -0.05) is 35.9 Å². The Hall–Kier alpha value is -1.47. The molecule has 0 aliphatic carbocycles. The number of methoxy groups -OCH3 is 1. The van der Waals surface area contributed by atoms with E-state index in [9.17, 15) is 0 Å². The van der Waals surface area contributed by atoms with Gasteiger partial charge in [0.25, 0.3) is 0 Å². The molecule has 0 heterocycles. The van der Waals surface area contributed by atoms with Crippen LogP contribution in [0.5, 0.6) is 5.75 Å². The zero-order valence-corrected chi connectivity index (χ0v) is 12.6. The van der Waals surface area contributed by atoms with Gasteiger partial charge in [-0.3, -0.25) is 0 Å². The molecule has 19 heavy (non-hydrogen) atoms. The van der Waals surface area contributed by atoms with Gasteiger partial charge in [0, 0.05) is 5.56 Å². The van der Waals surface area contributed by atoms with Crippen LogP contribution in [0, 0.1) is 20.8 Å². The van der Waals surface area contributed by atoms with E-state index in [0.717, 1.165) is 11.3 Å². The fourth-order valence-electron chi connectivity index (χ4n) is 2.43. The summed E-state index contributed by atoms with van der Waals surface area (Å²) in [5.41, 5.74) is 5.81. The lowest BCUT2D eigenvalue weighted by Crippen LogP contribution is -2.02. The van der Waals surface area contributed by atoms with E-state index in [1.54, 1.807) is 7.11 Å². The Balaban J connectivity index is 2.55. The maximum absolute atomic E-state index is 6.72. The third kappa shape index (κ3) is 2.76. The summed E-state index contributed by atoms with van der Waals surface area (Å²) in [6.07, 6.45) is 0. The maximum atomic E-state index is 6.72. The quantitative estimate of drug-likeness (QED) is 0.720. The van der Waals surface area contributed by atoms with E-state index in [2.05, 4.69) is 45.0 Å². The van der Waals surface area contributed by atoms with Gasteiger partial charge in [-0.2, -0.15) is 0 Å². The Morgan fingerprint density at radius 2 is 1.63 bits per heavy atom. The fraction of sp³-hybridized carbons (Fsp3) is 0.294. The average Bonchev–Trinajstić information content (AvgIpc) is 2.38. The van der Waals surface area contributed by atoms with E-state index in [0.29, 0.717) is 0 Å². The van der Waals surface area contributed by atoms with Crippen LogP contribution in [0.4, 0.5) is 0 Å². The zero-order chi connectivity index (χ0) is 14.0. The Labute approximate surface area is 120 Å². The normalized spacial score (nSPS) is 12.3. The zero-order valence-electron chi connectivity index (χ0n) is 11.8. The number of alkyl halides is 1. The third-order valence-corrected chi connectivity index (χ3v) is 3.91. The molecule has 2 aromatic rings. The smallest absolute Gasteiger partial charge is 0.123 e. The summed E-state index contributed by atoms with van der Waals surface area (Å²) in [6, 6.07) is 12.4. The number of aryl methyl sites for hydroxylation is 3. The van der Waals surface area contributed by atoms with Crippen molar-refractivity contribution in [1.29, 1.82) is 0 Å². The third-order valence-electron chi connectivity index (χ3n) is 3.45. The topological polar surface area (TPSA) is 9.23 Å². The maximum Gasteiger partial charge on any atom is 0.123 e. The summed E-state index contributed by atoms with van der Waals surface area (Å²) in [5.74, 6) is 0.841. The van der Waals surface area contributed by atoms with Gasteiger partial charge in [0.05, 0.1) is 12.5 Å². The highest BCUT2D eigenvalue weighted by Gasteiger charge is 2.19. The first-order valence-electron chi connectivity index (χ1n) is 6.39. The summed E-state index contributed by atoms with van der Waals surface area (Å²) in [4.78, 5) is 0. The van der Waals surface area contributed by atoms with Crippen molar-refractivity contribution in [2.75, 3.05) is 7.11 Å². The Kier molecular flexibility index (Phi) is 4.16. The van der Waals surface area contributed by atoms with Gasteiger partial charge in [0.2, 0.25) is 0 Å². The molecular weight excluding hydrogens is 256 g/mol. The first kappa shape index (κ1) is 14.0. The molecule has 0 aliphatic heterocycles. The fourth-order valence-corrected chi connectivity index (χ4v) is 2.95. The first-order valence-corrected chi connectivity index (χ1v) is 6.83. The van der Waals surface area contributed by atoms with Crippen LogP contribution in [0.25, 0.3) is 0 Å². The molecule has 1 unspecified atom stereocenters. The van der Waals surface area contributed by atoms with Crippen molar-refractivity contribution in [3.05, 3.63) is 64.2 Å². The molecule has 0 amide bonds. The van der Waals surface area contributed by atoms with E-state index in [1.165, 1.54) is 22.3 Å². The van der Waals surface area contributed by atoms with E-state index >= 15 is 0 Å². The van der Waals surface area contributed by atoms with Gasteiger partial charge in [0.1, 0.15) is 5.75 Å². The van der Waals surface area contributed by atoms with Gasteiger partial charge in [0.15, 0.2) is 0 Å². The van der Waals surface area contributed by atoms with Crippen LogP contribution in [0.1, 0.15) is 33.2 Å². The largest absolute Gasteiger partial charge is 0.496 e. The van der Waals surface area contributed by atoms with Crippen LogP contribution in [0.15, 0.2) is 36.4 Å². The molecule has 0 bridgehead atoms. The predicted octanol–water partition coefficient (Wildman–Crippen LogP) is 4.95. The van der Waals surface area contributed by atoms with Crippen LogP contribution in [0.2, 0.25) is 0 Å². The highest BCUT2D eigenvalue weighted by molar-refractivity contribution is 6.23. The van der Waals surface area contributed by atoms with Gasteiger partial charge in [-0.15, -0.1) is 11.6 Å². The number of benzene rings is 2. The summed E-state index contributed by atoms with van der Waals surface area (Å²) < 4.78 is 5.44. The summed E-state index contributed by atoms with van der Waals surface area (Å²) in [5, 5.41) is -0.184. The minimum atomic E-state index is -0.184. The monoisotopic (exact) mass is 274 g/mol. The second-order valence-corrected chi connectivity index (χ2v) is 5.35. The van der Waals surface area contributed by atoms with Crippen molar-refractivity contribution in [1.82, 2.24) is 0 Å². The number of hydrogen-bond donors (Lipinski definition) is 0. The molecule has 2 aromatic carbocycles. The lowest BCUT2D eigenvalue weighted by molar-refractivity contribution is 0.410. The van der Waals surface area contributed by atoms with Crippen LogP contribution < -0.4 is 4.74 Å². The molecule has 0 fully saturated rings. The van der Waals surface area contributed by atoms with Crippen LogP contribution in [0.3, 0.4) is 0 Å². The molecule has 2 heteroatoms. The molecule has 1 atom stereocenters. The minimum absolute atomic E-state index is 0.184. The van der Waals surface area contributed by atoms with Crippen LogP contribution in [-0.2, 0) is 0 Å². The van der Waals surface area contributed by atoms with Crippen molar-refractivity contribution >= 4 is 11.6 Å².